The van der Waals surface area contributed by atoms with Crippen molar-refractivity contribution in [3.8, 4) is 0 Å². The zero-order valence-electron chi connectivity index (χ0n) is 7.59. The first-order valence-electron chi connectivity index (χ1n) is 4.66. The second-order valence-corrected chi connectivity index (χ2v) is 4.01. The van der Waals surface area contributed by atoms with Crippen molar-refractivity contribution in [1.82, 2.24) is 0 Å². The van der Waals surface area contributed by atoms with E-state index >= 15 is 0 Å². The first-order valence-corrected chi connectivity index (χ1v) is 5.78. The molecule has 72 valence electrons. The minimum absolute atomic E-state index is 0.0628. The quantitative estimate of drug-likeness (QED) is 0.700. The monoisotopic (exact) mass is 236 g/mol. The van der Waals surface area contributed by atoms with Gasteiger partial charge in [-0.2, -0.15) is 0 Å². The number of rotatable bonds is 4. The minimum Gasteiger partial charge on any atom is -0.353 e. The van der Waals surface area contributed by atoms with E-state index in [0.29, 0.717) is 6.10 Å². The van der Waals surface area contributed by atoms with Gasteiger partial charge in [0.25, 0.3) is 0 Å². The summed E-state index contributed by atoms with van der Waals surface area (Å²) in [5.41, 5.74) is 0. The fourth-order valence-corrected chi connectivity index (χ4v) is 1.94. The van der Waals surface area contributed by atoms with E-state index in [1.165, 1.54) is 12.8 Å². The van der Waals surface area contributed by atoms with Crippen LogP contribution in [-0.2, 0) is 9.47 Å². The lowest BCUT2D eigenvalue weighted by Gasteiger charge is -2.25. The van der Waals surface area contributed by atoms with E-state index in [1.54, 1.807) is 0 Å². The molecule has 1 fully saturated rings. The molecule has 0 aromatic heterocycles. The molecule has 1 heterocycles. The zero-order chi connectivity index (χ0) is 8.81. The van der Waals surface area contributed by atoms with Gasteiger partial charge in [0, 0.05) is 11.9 Å². The minimum atomic E-state index is 0.0628. The summed E-state index contributed by atoms with van der Waals surface area (Å²) in [5, 5.41) is 1.00. The number of alkyl halides is 1. The van der Waals surface area contributed by atoms with E-state index in [4.69, 9.17) is 9.47 Å². The van der Waals surface area contributed by atoms with Crippen LogP contribution in [0, 0.1) is 0 Å². The topological polar surface area (TPSA) is 18.5 Å². The van der Waals surface area contributed by atoms with Crippen LogP contribution < -0.4 is 0 Å². The standard InChI is InChI=1S/C9H17BrO2/c1-8(5-6-10)12-9-4-2-3-7-11-9/h8-9H,2-7H2,1H3/t8-,9-/m0/s1. The average Bonchev–Trinajstić information content (AvgIpc) is 2.06. The number of hydrogen-bond acceptors (Lipinski definition) is 2. The zero-order valence-corrected chi connectivity index (χ0v) is 9.18. The van der Waals surface area contributed by atoms with Gasteiger partial charge in [0.1, 0.15) is 0 Å². The van der Waals surface area contributed by atoms with E-state index in [1.807, 2.05) is 0 Å². The Morgan fingerprint density at radius 2 is 2.42 bits per heavy atom. The molecular formula is C9H17BrO2. The summed E-state index contributed by atoms with van der Waals surface area (Å²) < 4.78 is 11.1. The van der Waals surface area contributed by atoms with E-state index in [9.17, 15) is 0 Å². The summed E-state index contributed by atoms with van der Waals surface area (Å²) in [6, 6.07) is 0. The normalized spacial score (nSPS) is 27.0. The highest BCUT2D eigenvalue weighted by Crippen LogP contribution is 2.16. The molecule has 1 aliphatic rings. The summed E-state index contributed by atoms with van der Waals surface area (Å²) in [4.78, 5) is 0. The van der Waals surface area contributed by atoms with Crippen LogP contribution >= 0.6 is 15.9 Å². The summed E-state index contributed by atoms with van der Waals surface area (Å²) in [7, 11) is 0. The third-order valence-corrected chi connectivity index (χ3v) is 2.50. The smallest absolute Gasteiger partial charge is 0.157 e. The van der Waals surface area contributed by atoms with Gasteiger partial charge in [-0.05, 0) is 32.6 Å². The Kier molecular flexibility index (Phi) is 5.19. The molecular weight excluding hydrogens is 220 g/mol. The molecule has 0 spiro atoms. The van der Waals surface area contributed by atoms with Gasteiger partial charge in [-0.15, -0.1) is 0 Å². The van der Waals surface area contributed by atoms with Crippen molar-refractivity contribution in [2.75, 3.05) is 11.9 Å². The fourth-order valence-electron chi connectivity index (χ4n) is 1.30. The fraction of sp³-hybridized carbons (Fsp3) is 1.00. The summed E-state index contributed by atoms with van der Waals surface area (Å²) in [5.74, 6) is 0. The van der Waals surface area contributed by atoms with E-state index in [-0.39, 0.29) is 6.29 Å². The maximum atomic E-state index is 5.68. The first kappa shape index (κ1) is 10.5. The molecule has 1 aliphatic heterocycles. The number of ether oxygens (including phenoxy) is 2. The summed E-state index contributed by atoms with van der Waals surface area (Å²) in [6.07, 6.45) is 4.92. The van der Waals surface area contributed by atoms with Crippen LogP contribution in [0.15, 0.2) is 0 Å². The van der Waals surface area contributed by atoms with Crippen molar-refractivity contribution >= 4 is 15.9 Å². The van der Waals surface area contributed by atoms with Crippen molar-refractivity contribution in [3.63, 3.8) is 0 Å². The third-order valence-electron chi connectivity index (χ3n) is 2.04. The highest BCUT2D eigenvalue weighted by molar-refractivity contribution is 9.09. The van der Waals surface area contributed by atoms with Crippen molar-refractivity contribution in [1.29, 1.82) is 0 Å². The van der Waals surface area contributed by atoms with Crippen molar-refractivity contribution in [2.24, 2.45) is 0 Å². The van der Waals surface area contributed by atoms with Gasteiger partial charge in [-0.3, -0.25) is 0 Å². The van der Waals surface area contributed by atoms with Gasteiger partial charge in [0.15, 0.2) is 6.29 Å². The molecule has 3 heteroatoms. The Balaban J connectivity index is 2.11. The highest BCUT2D eigenvalue weighted by atomic mass is 79.9. The van der Waals surface area contributed by atoms with Crippen LogP contribution in [-0.4, -0.2) is 24.3 Å². The van der Waals surface area contributed by atoms with Crippen LogP contribution in [0.25, 0.3) is 0 Å². The van der Waals surface area contributed by atoms with E-state index < -0.39 is 0 Å². The van der Waals surface area contributed by atoms with Crippen LogP contribution in [0.4, 0.5) is 0 Å². The van der Waals surface area contributed by atoms with Crippen LogP contribution in [0.3, 0.4) is 0 Å². The SMILES string of the molecule is C[C@@H](CCBr)O[C@H]1CCCCO1. The lowest BCUT2D eigenvalue weighted by molar-refractivity contribution is -0.184. The number of hydrogen-bond donors (Lipinski definition) is 0. The van der Waals surface area contributed by atoms with E-state index in [0.717, 1.165) is 24.8 Å². The highest BCUT2D eigenvalue weighted by Gasteiger charge is 2.16. The molecule has 2 nitrogen and oxygen atoms in total. The number of halogens is 1. The second-order valence-electron chi connectivity index (χ2n) is 3.22. The maximum Gasteiger partial charge on any atom is 0.157 e. The Bertz CT molecular complexity index is 113. The molecule has 0 aliphatic carbocycles. The summed E-state index contributed by atoms with van der Waals surface area (Å²) >= 11 is 3.39. The van der Waals surface area contributed by atoms with E-state index in [2.05, 4.69) is 22.9 Å². The van der Waals surface area contributed by atoms with Gasteiger partial charge in [-0.25, -0.2) is 0 Å². The molecule has 0 aromatic carbocycles. The Morgan fingerprint density at radius 1 is 1.58 bits per heavy atom. The van der Waals surface area contributed by atoms with Gasteiger partial charge < -0.3 is 9.47 Å². The Morgan fingerprint density at radius 3 is 3.00 bits per heavy atom. The third kappa shape index (κ3) is 3.87. The predicted molar refractivity (Wildman–Crippen MR) is 52.5 cm³/mol. The van der Waals surface area contributed by atoms with Gasteiger partial charge in [-0.1, -0.05) is 15.9 Å². The maximum absolute atomic E-state index is 5.68. The summed E-state index contributed by atoms with van der Waals surface area (Å²) in [6.45, 7) is 2.96. The Hall–Kier alpha value is 0.400. The van der Waals surface area contributed by atoms with Crippen LogP contribution in [0.5, 0.6) is 0 Å². The van der Waals surface area contributed by atoms with Crippen molar-refractivity contribution in [2.45, 2.75) is 45.0 Å². The molecule has 12 heavy (non-hydrogen) atoms. The Labute approximate surface area is 82.7 Å². The van der Waals surface area contributed by atoms with Crippen LogP contribution in [0.2, 0.25) is 0 Å². The molecule has 0 unspecified atom stereocenters. The largest absolute Gasteiger partial charge is 0.353 e. The molecule has 1 rings (SSSR count). The van der Waals surface area contributed by atoms with Gasteiger partial charge >= 0.3 is 0 Å². The molecule has 2 atom stereocenters. The van der Waals surface area contributed by atoms with Crippen molar-refractivity contribution < 1.29 is 9.47 Å². The molecule has 0 aromatic rings. The van der Waals surface area contributed by atoms with Crippen molar-refractivity contribution in [3.05, 3.63) is 0 Å². The lowest BCUT2D eigenvalue weighted by Crippen LogP contribution is -2.26. The molecule has 0 saturated carbocycles. The molecule has 0 radical (unpaired) electrons. The molecule has 0 bridgehead atoms. The molecule has 0 amide bonds. The van der Waals surface area contributed by atoms with Crippen LogP contribution in [0.1, 0.15) is 32.6 Å². The average molecular weight is 237 g/mol. The lowest BCUT2D eigenvalue weighted by atomic mass is 10.2. The first-order chi connectivity index (χ1) is 5.83. The molecule has 1 saturated heterocycles. The molecule has 0 N–H and O–H groups in total. The predicted octanol–water partition coefficient (Wildman–Crippen LogP) is 2.70. The second kappa shape index (κ2) is 5.95. The van der Waals surface area contributed by atoms with Gasteiger partial charge in [0.05, 0.1) is 6.10 Å². The van der Waals surface area contributed by atoms with Gasteiger partial charge in [0.2, 0.25) is 0 Å².